The Balaban J connectivity index is 1.77. The van der Waals surface area contributed by atoms with Crippen LogP contribution in [-0.2, 0) is 14.3 Å². The van der Waals surface area contributed by atoms with Crippen molar-refractivity contribution in [3.8, 4) is 0 Å². The third-order valence-corrected chi connectivity index (χ3v) is 4.57. The SMILES string of the molecule is O=C(O)CC1(CC(=O)NCC2CCCOC2)CCCC1. The smallest absolute Gasteiger partial charge is 0.303 e. The summed E-state index contributed by atoms with van der Waals surface area (Å²) in [4.78, 5) is 23.1. The average Bonchev–Trinajstić information content (AvgIpc) is 2.85. The zero-order valence-electron chi connectivity index (χ0n) is 12.0. The van der Waals surface area contributed by atoms with Gasteiger partial charge in [0, 0.05) is 19.6 Å². The maximum Gasteiger partial charge on any atom is 0.303 e. The van der Waals surface area contributed by atoms with E-state index in [1.54, 1.807) is 0 Å². The highest BCUT2D eigenvalue weighted by Crippen LogP contribution is 2.44. The molecule has 1 atom stereocenters. The lowest BCUT2D eigenvalue weighted by Crippen LogP contribution is -2.36. The van der Waals surface area contributed by atoms with Crippen LogP contribution in [0.25, 0.3) is 0 Å². The van der Waals surface area contributed by atoms with Crippen LogP contribution in [0, 0.1) is 11.3 Å². The van der Waals surface area contributed by atoms with Gasteiger partial charge in [-0.25, -0.2) is 0 Å². The zero-order chi connectivity index (χ0) is 14.4. The molecule has 5 nitrogen and oxygen atoms in total. The number of carboxylic acids is 1. The van der Waals surface area contributed by atoms with Crippen LogP contribution in [0.15, 0.2) is 0 Å². The molecule has 2 fully saturated rings. The molecule has 2 rings (SSSR count). The predicted octanol–water partition coefficient (Wildman–Crippen LogP) is 1.95. The van der Waals surface area contributed by atoms with Crippen LogP contribution in [0.4, 0.5) is 0 Å². The summed E-state index contributed by atoms with van der Waals surface area (Å²) < 4.78 is 5.39. The van der Waals surface area contributed by atoms with E-state index in [2.05, 4.69) is 5.32 Å². The van der Waals surface area contributed by atoms with Crippen LogP contribution < -0.4 is 5.32 Å². The Labute approximate surface area is 120 Å². The van der Waals surface area contributed by atoms with Crippen molar-refractivity contribution in [3.05, 3.63) is 0 Å². The molecule has 0 spiro atoms. The predicted molar refractivity (Wildman–Crippen MR) is 74.3 cm³/mol. The largest absolute Gasteiger partial charge is 0.481 e. The molecular weight excluding hydrogens is 258 g/mol. The number of hydrogen-bond donors (Lipinski definition) is 2. The van der Waals surface area contributed by atoms with Crippen LogP contribution in [0.5, 0.6) is 0 Å². The van der Waals surface area contributed by atoms with Crippen molar-refractivity contribution in [2.24, 2.45) is 11.3 Å². The number of hydrogen-bond acceptors (Lipinski definition) is 3. The Bertz CT molecular complexity index is 344. The molecule has 1 unspecified atom stereocenters. The van der Waals surface area contributed by atoms with E-state index in [0.717, 1.165) is 51.7 Å². The van der Waals surface area contributed by atoms with E-state index in [4.69, 9.17) is 9.84 Å². The maximum atomic E-state index is 12.1. The molecule has 1 aliphatic heterocycles. The topological polar surface area (TPSA) is 75.6 Å². The number of carbonyl (C=O) groups is 2. The molecule has 0 aromatic heterocycles. The molecule has 114 valence electrons. The fourth-order valence-corrected chi connectivity index (χ4v) is 3.49. The summed E-state index contributed by atoms with van der Waals surface area (Å²) in [6.45, 7) is 2.20. The van der Waals surface area contributed by atoms with E-state index in [1.807, 2.05) is 0 Å². The Hall–Kier alpha value is -1.10. The van der Waals surface area contributed by atoms with E-state index >= 15 is 0 Å². The third kappa shape index (κ3) is 4.47. The first-order valence-corrected chi connectivity index (χ1v) is 7.66. The van der Waals surface area contributed by atoms with E-state index in [0.29, 0.717) is 18.9 Å². The van der Waals surface area contributed by atoms with Gasteiger partial charge in [-0.3, -0.25) is 9.59 Å². The van der Waals surface area contributed by atoms with Crippen LogP contribution in [-0.4, -0.2) is 36.7 Å². The van der Waals surface area contributed by atoms with Crippen molar-refractivity contribution >= 4 is 11.9 Å². The first-order chi connectivity index (χ1) is 9.60. The number of amides is 1. The molecule has 0 radical (unpaired) electrons. The summed E-state index contributed by atoms with van der Waals surface area (Å²) in [6, 6.07) is 0. The summed E-state index contributed by atoms with van der Waals surface area (Å²) >= 11 is 0. The van der Waals surface area contributed by atoms with Gasteiger partial charge in [0.2, 0.25) is 5.91 Å². The molecule has 1 saturated carbocycles. The quantitative estimate of drug-likeness (QED) is 0.781. The van der Waals surface area contributed by atoms with E-state index in [1.165, 1.54) is 0 Å². The lowest BCUT2D eigenvalue weighted by molar-refractivity contribution is -0.140. The molecule has 0 bridgehead atoms. The minimum atomic E-state index is -0.791. The van der Waals surface area contributed by atoms with E-state index < -0.39 is 5.97 Å². The Morgan fingerprint density at radius 1 is 1.20 bits per heavy atom. The molecule has 1 saturated heterocycles. The Kier molecular flexibility index (Phi) is 5.40. The average molecular weight is 283 g/mol. The van der Waals surface area contributed by atoms with Gasteiger partial charge in [-0.2, -0.15) is 0 Å². The van der Waals surface area contributed by atoms with Crippen molar-refractivity contribution in [2.45, 2.75) is 51.4 Å². The highest BCUT2D eigenvalue weighted by molar-refractivity contribution is 5.78. The van der Waals surface area contributed by atoms with Gasteiger partial charge in [0.1, 0.15) is 0 Å². The van der Waals surface area contributed by atoms with Crippen molar-refractivity contribution in [2.75, 3.05) is 19.8 Å². The fourth-order valence-electron chi connectivity index (χ4n) is 3.49. The van der Waals surface area contributed by atoms with Gasteiger partial charge in [-0.05, 0) is 37.0 Å². The van der Waals surface area contributed by atoms with Crippen LogP contribution >= 0.6 is 0 Å². The molecule has 0 aromatic carbocycles. The summed E-state index contributed by atoms with van der Waals surface area (Å²) in [6.07, 6.45) is 6.43. The molecule has 1 aliphatic carbocycles. The Morgan fingerprint density at radius 2 is 1.95 bits per heavy atom. The highest BCUT2D eigenvalue weighted by atomic mass is 16.5. The number of carboxylic acid groups (broad SMARTS) is 1. The van der Waals surface area contributed by atoms with Gasteiger partial charge in [0.25, 0.3) is 0 Å². The van der Waals surface area contributed by atoms with Crippen molar-refractivity contribution in [3.63, 3.8) is 0 Å². The van der Waals surface area contributed by atoms with E-state index in [-0.39, 0.29) is 17.7 Å². The summed E-state index contributed by atoms with van der Waals surface area (Å²) in [5.74, 6) is -0.384. The van der Waals surface area contributed by atoms with Crippen molar-refractivity contribution in [1.29, 1.82) is 0 Å². The normalized spacial score (nSPS) is 25.3. The zero-order valence-corrected chi connectivity index (χ0v) is 12.0. The molecular formula is C15H25NO4. The molecule has 1 heterocycles. The molecule has 5 heteroatoms. The third-order valence-electron chi connectivity index (χ3n) is 4.57. The van der Waals surface area contributed by atoms with Crippen molar-refractivity contribution in [1.82, 2.24) is 5.32 Å². The lowest BCUT2D eigenvalue weighted by Gasteiger charge is -2.27. The lowest BCUT2D eigenvalue weighted by atomic mass is 9.79. The fraction of sp³-hybridized carbons (Fsp3) is 0.867. The van der Waals surface area contributed by atoms with Gasteiger partial charge >= 0.3 is 5.97 Å². The summed E-state index contributed by atoms with van der Waals surface area (Å²) in [7, 11) is 0. The minimum Gasteiger partial charge on any atom is -0.481 e. The van der Waals surface area contributed by atoms with E-state index in [9.17, 15) is 9.59 Å². The molecule has 0 aromatic rings. The van der Waals surface area contributed by atoms with Crippen LogP contribution in [0.3, 0.4) is 0 Å². The number of rotatable bonds is 6. The second-order valence-electron chi connectivity index (χ2n) is 6.34. The highest BCUT2D eigenvalue weighted by Gasteiger charge is 2.37. The van der Waals surface area contributed by atoms with Gasteiger partial charge in [-0.15, -0.1) is 0 Å². The first-order valence-electron chi connectivity index (χ1n) is 7.66. The Morgan fingerprint density at radius 3 is 2.55 bits per heavy atom. The molecule has 2 aliphatic rings. The van der Waals surface area contributed by atoms with Gasteiger partial charge < -0.3 is 15.2 Å². The first kappa shape index (κ1) is 15.3. The second kappa shape index (κ2) is 7.07. The number of carbonyl (C=O) groups excluding carboxylic acids is 1. The van der Waals surface area contributed by atoms with Gasteiger partial charge in [0.15, 0.2) is 0 Å². The van der Waals surface area contributed by atoms with Gasteiger partial charge in [-0.1, -0.05) is 12.8 Å². The molecule has 2 N–H and O–H groups in total. The number of nitrogens with one attached hydrogen (secondary N) is 1. The molecule has 1 amide bonds. The van der Waals surface area contributed by atoms with Crippen molar-refractivity contribution < 1.29 is 19.4 Å². The number of aliphatic carboxylic acids is 1. The maximum absolute atomic E-state index is 12.1. The monoisotopic (exact) mass is 283 g/mol. The minimum absolute atomic E-state index is 0.00118. The number of ether oxygens (including phenoxy) is 1. The van der Waals surface area contributed by atoms with Crippen LogP contribution in [0.2, 0.25) is 0 Å². The summed E-state index contributed by atoms with van der Waals surface area (Å²) in [5.41, 5.74) is -0.307. The second-order valence-corrected chi connectivity index (χ2v) is 6.34. The standard InChI is InChI=1S/C15H25NO4/c17-13(16-10-12-4-3-7-20-11-12)8-15(9-14(18)19)5-1-2-6-15/h12H,1-11H2,(H,16,17)(H,18,19). The summed E-state index contributed by atoms with van der Waals surface area (Å²) in [5, 5.41) is 12.0. The van der Waals surface area contributed by atoms with Crippen LogP contribution in [0.1, 0.15) is 51.4 Å². The molecule has 20 heavy (non-hydrogen) atoms. The van der Waals surface area contributed by atoms with Gasteiger partial charge in [0.05, 0.1) is 13.0 Å².